The third-order valence-electron chi connectivity index (χ3n) is 2.77. The lowest BCUT2D eigenvalue weighted by Gasteiger charge is -2.11. The predicted molar refractivity (Wildman–Crippen MR) is 75.9 cm³/mol. The van der Waals surface area contributed by atoms with Crippen LogP contribution in [0.5, 0.6) is 5.75 Å². The lowest BCUT2D eigenvalue weighted by molar-refractivity contribution is 0.408. The highest BCUT2D eigenvalue weighted by Crippen LogP contribution is 2.23. The second-order valence-electron chi connectivity index (χ2n) is 4.16. The summed E-state index contributed by atoms with van der Waals surface area (Å²) in [6, 6.07) is 5.57. The third kappa shape index (κ3) is 2.96. The molecule has 1 N–H and O–H groups in total. The van der Waals surface area contributed by atoms with Gasteiger partial charge in [-0.15, -0.1) is 0 Å². The minimum absolute atomic E-state index is 0.332. The van der Waals surface area contributed by atoms with Crippen LogP contribution in [0.25, 0.3) is 0 Å². The van der Waals surface area contributed by atoms with Crippen molar-refractivity contribution in [1.29, 1.82) is 0 Å². The lowest BCUT2D eigenvalue weighted by atomic mass is 10.2. The second-order valence-corrected chi connectivity index (χ2v) is 5.07. The van der Waals surface area contributed by atoms with Gasteiger partial charge >= 0.3 is 5.69 Å². The van der Waals surface area contributed by atoms with Gasteiger partial charge in [-0.25, -0.2) is 4.79 Å². The predicted octanol–water partition coefficient (Wildman–Crippen LogP) is 1.66. The maximum atomic E-state index is 11.7. The smallest absolute Gasteiger partial charge is 0.328 e. The normalized spacial score (nSPS) is 10.5. The molecule has 0 unspecified atom stereocenters. The number of nitrogens with one attached hydrogen (secondary N) is 1. The van der Waals surface area contributed by atoms with Crippen LogP contribution in [0.15, 0.2) is 38.5 Å². The van der Waals surface area contributed by atoms with E-state index < -0.39 is 5.69 Å². The first-order valence-electron chi connectivity index (χ1n) is 5.64. The molecule has 5 nitrogen and oxygen atoms in total. The molecule has 1 heterocycles. The van der Waals surface area contributed by atoms with Crippen LogP contribution in [0, 0.1) is 6.92 Å². The average molecular weight is 325 g/mol. The van der Waals surface area contributed by atoms with Gasteiger partial charge in [-0.05, 0) is 25.1 Å². The van der Waals surface area contributed by atoms with E-state index in [0.717, 1.165) is 10.0 Å². The number of rotatable bonds is 3. The molecule has 0 aliphatic carbocycles. The molecule has 0 amide bonds. The fourth-order valence-electron chi connectivity index (χ4n) is 1.79. The van der Waals surface area contributed by atoms with Gasteiger partial charge in [0, 0.05) is 21.8 Å². The summed E-state index contributed by atoms with van der Waals surface area (Å²) in [5, 5.41) is 0. The Labute approximate surface area is 118 Å². The van der Waals surface area contributed by atoms with Gasteiger partial charge in [0.1, 0.15) is 5.75 Å². The fraction of sp³-hybridized carbons (Fsp3) is 0.231. The number of methoxy groups -OCH3 is 1. The molecule has 0 atom stereocenters. The molecule has 100 valence electrons. The van der Waals surface area contributed by atoms with Gasteiger partial charge in [-0.3, -0.25) is 14.3 Å². The van der Waals surface area contributed by atoms with Gasteiger partial charge in [0.25, 0.3) is 5.56 Å². The zero-order valence-corrected chi connectivity index (χ0v) is 12.2. The highest BCUT2D eigenvalue weighted by molar-refractivity contribution is 9.10. The Morgan fingerprint density at radius 2 is 2.11 bits per heavy atom. The van der Waals surface area contributed by atoms with E-state index in [1.165, 1.54) is 4.57 Å². The van der Waals surface area contributed by atoms with Crippen molar-refractivity contribution in [3.63, 3.8) is 0 Å². The molecule has 0 bridgehead atoms. The van der Waals surface area contributed by atoms with Crippen molar-refractivity contribution in [1.82, 2.24) is 9.55 Å². The Bertz CT molecular complexity index is 719. The number of halogens is 1. The van der Waals surface area contributed by atoms with Crippen LogP contribution in [0.4, 0.5) is 0 Å². The zero-order chi connectivity index (χ0) is 14.0. The van der Waals surface area contributed by atoms with E-state index in [0.29, 0.717) is 17.9 Å². The first-order valence-corrected chi connectivity index (χ1v) is 6.43. The van der Waals surface area contributed by atoms with Gasteiger partial charge in [-0.2, -0.15) is 0 Å². The Hall–Kier alpha value is -1.82. The molecular formula is C13H13BrN2O3. The van der Waals surface area contributed by atoms with Crippen molar-refractivity contribution < 1.29 is 4.74 Å². The van der Waals surface area contributed by atoms with Gasteiger partial charge in [0.15, 0.2) is 0 Å². The van der Waals surface area contributed by atoms with Gasteiger partial charge in [0.2, 0.25) is 0 Å². The minimum Gasteiger partial charge on any atom is -0.496 e. The second kappa shape index (κ2) is 5.44. The van der Waals surface area contributed by atoms with E-state index in [1.807, 2.05) is 18.2 Å². The number of aryl methyl sites for hydroxylation is 1. The van der Waals surface area contributed by atoms with E-state index in [4.69, 9.17) is 4.74 Å². The summed E-state index contributed by atoms with van der Waals surface area (Å²) in [6.45, 7) is 1.99. The topological polar surface area (TPSA) is 64.1 Å². The van der Waals surface area contributed by atoms with E-state index in [9.17, 15) is 9.59 Å². The van der Waals surface area contributed by atoms with E-state index >= 15 is 0 Å². The monoisotopic (exact) mass is 324 g/mol. The summed E-state index contributed by atoms with van der Waals surface area (Å²) in [4.78, 5) is 25.3. The molecule has 0 radical (unpaired) electrons. The molecule has 0 fully saturated rings. The van der Waals surface area contributed by atoms with Gasteiger partial charge < -0.3 is 4.74 Å². The van der Waals surface area contributed by atoms with Crippen molar-refractivity contribution >= 4 is 15.9 Å². The molecule has 0 aliphatic heterocycles. The first kappa shape index (κ1) is 13.6. The Balaban J connectivity index is 2.47. The Morgan fingerprint density at radius 1 is 1.37 bits per heavy atom. The highest BCUT2D eigenvalue weighted by Gasteiger charge is 2.07. The van der Waals surface area contributed by atoms with Crippen LogP contribution >= 0.6 is 15.9 Å². The SMILES string of the molecule is COc1ccc(Br)cc1Cn1cc(C)c(=O)[nH]c1=O. The molecule has 19 heavy (non-hydrogen) atoms. The van der Waals surface area contributed by atoms with Crippen LogP contribution in [0.3, 0.4) is 0 Å². The van der Waals surface area contributed by atoms with Crippen molar-refractivity contribution in [2.45, 2.75) is 13.5 Å². The maximum absolute atomic E-state index is 11.7. The zero-order valence-electron chi connectivity index (χ0n) is 10.6. The molecule has 1 aromatic heterocycles. The van der Waals surface area contributed by atoms with Crippen LogP contribution in [-0.2, 0) is 6.54 Å². The summed E-state index contributed by atoms with van der Waals surface area (Å²) in [5.74, 6) is 0.693. The summed E-state index contributed by atoms with van der Waals surface area (Å²) in [6.07, 6.45) is 1.54. The number of nitrogens with zero attached hydrogens (tertiary/aromatic N) is 1. The largest absolute Gasteiger partial charge is 0.496 e. The van der Waals surface area contributed by atoms with Crippen LogP contribution < -0.4 is 16.0 Å². The standard InChI is InChI=1S/C13H13BrN2O3/c1-8-6-16(13(18)15-12(8)17)7-9-5-10(14)3-4-11(9)19-2/h3-6H,7H2,1-2H3,(H,15,17,18). The van der Waals surface area contributed by atoms with Crippen LogP contribution in [-0.4, -0.2) is 16.7 Å². The Morgan fingerprint density at radius 3 is 2.79 bits per heavy atom. The third-order valence-corrected chi connectivity index (χ3v) is 3.27. The van der Waals surface area contributed by atoms with Crippen molar-refractivity contribution in [3.8, 4) is 5.75 Å². The van der Waals surface area contributed by atoms with Crippen molar-refractivity contribution in [3.05, 3.63) is 60.8 Å². The van der Waals surface area contributed by atoms with Crippen molar-refractivity contribution in [2.75, 3.05) is 7.11 Å². The number of hydrogen-bond acceptors (Lipinski definition) is 3. The number of aromatic amines is 1. The minimum atomic E-state index is -0.433. The van der Waals surface area contributed by atoms with E-state index in [2.05, 4.69) is 20.9 Å². The number of hydrogen-bond donors (Lipinski definition) is 1. The number of benzene rings is 1. The molecule has 0 saturated heterocycles. The molecule has 0 aliphatic rings. The molecule has 6 heteroatoms. The molecule has 0 saturated carbocycles. The summed E-state index contributed by atoms with van der Waals surface area (Å²) >= 11 is 3.38. The van der Waals surface area contributed by atoms with Crippen molar-refractivity contribution in [2.24, 2.45) is 0 Å². The lowest BCUT2D eigenvalue weighted by Crippen LogP contribution is -2.31. The molecule has 0 spiro atoms. The first-order chi connectivity index (χ1) is 9.01. The quantitative estimate of drug-likeness (QED) is 0.934. The summed E-state index contributed by atoms with van der Waals surface area (Å²) < 4.78 is 7.60. The molecule has 2 aromatic rings. The maximum Gasteiger partial charge on any atom is 0.328 e. The van der Waals surface area contributed by atoms with E-state index in [-0.39, 0.29) is 5.56 Å². The molecule has 2 rings (SSSR count). The summed E-state index contributed by atoms with van der Waals surface area (Å²) in [5.41, 5.74) is 0.555. The number of aromatic nitrogens is 2. The van der Waals surface area contributed by atoms with Gasteiger partial charge in [0.05, 0.1) is 13.7 Å². The highest BCUT2D eigenvalue weighted by atomic mass is 79.9. The van der Waals surface area contributed by atoms with Crippen LogP contribution in [0.2, 0.25) is 0 Å². The number of H-pyrrole nitrogens is 1. The van der Waals surface area contributed by atoms with E-state index in [1.54, 1.807) is 20.2 Å². The van der Waals surface area contributed by atoms with Gasteiger partial charge in [-0.1, -0.05) is 15.9 Å². The summed E-state index contributed by atoms with van der Waals surface area (Å²) in [7, 11) is 1.58. The molecule has 1 aromatic carbocycles. The Kier molecular flexibility index (Phi) is 3.90. The average Bonchev–Trinajstić information content (AvgIpc) is 2.36. The van der Waals surface area contributed by atoms with Crippen LogP contribution in [0.1, 0.15) is 11.1 Å². The number of ether oxygens (including phenoxy) is 1. The molecular weight excluding hydrogens is 312 g/mol. The fourth-order valence-corrected chi connectivity index (χ4v) is 2.20.